The van der Waals surface area contributed by atoms with E-state index in [1.807, 2.05) is 6.08 Å². The van der Waals surface area contributed by atoms with E-state index in [1.165, 1.54) is 6.92 Å². The Bertz CT molecular complexity index is 356. The summed E-state index contributed by atoms with van der Waals surface area (Å²) < 4.78 is 10.9. The molecule has 4 nitrogen and oxygen atoms in total. The van der Waals surface area contributed by atoms with Crippen LogP contribution in [0.1, 0.15) is 32.6 Å². The number of nitrogens with zero attached hydrogens (tertiary/aromatic N) is 1. The van der Waals surface area contributed by atoms with Crippen LogP contribution >= 0.6 is 11.8 Å². The molecular formula is C13H19NO3S. The number of allylic oxidation sites excluding steroid dienone is 1. The highest BCUT2D eigenvalue weighted by atomic mass is 32.2. The minimum Gasteiger partial charge on any atom is -0.463 e. The van der Waals surface area contributed by atoms with Crippen molar-refractivity contribution in [2.75, 3.05) is 6.61 Å². The molecule has 1 fully saturated rings. The zero-order valence-corrected chi connectivity index (χ0v) is 11.4. The smallest absolute Gasteiger partial charge is 0.302 e. The molecule has 0 radical (unpaired) electrons. The van der Waals surface area contributed by atoms with Crippen LogP contribution < -0.4 is 0 Å². The maximum absolute atomic E-state index is 10.8. The van der Waals surface area contributed by atoms with E-state index in [2.05, 4.69) is 11.6 Å². The third kappa shape index (κ3) is 3.59. The topological polar surface area (TPSA) is 47.9 Å². The molecule has 1 saturated heterocycles. The van der Waals surface area contributed by atoms with Crippen LogP contribution in [0.3, 0.4) is 0 Å². The molecule has 5 heteroatoms. The van der Waals surface area contributed by atoms with Gasteiger partial charge in [-0.15, -0.1) is 6.58 Å². The molecule has 0 aromatic rings. The molecule has 0 saturated carbocycles. The van der Waals surface area contributed by atoms with Crippen molar-refractivity contribution in [2.24, 2.45) is 4.99 Å². The molecule has 18 heavy (non-hydrogen) atoms. The van der Waals surface area contributed by atoms with Gasteiger partial charge in [0.25, 0.3) is 0 Å². The number of hydrogen-bond donors (Lipinski definition) is 0. The van der Waals surface area contributed by atoms with E-state index in [-0.39, 0.29) is 23.6 Å². The van der Waals surface area contributed by atoms with Gasteiger partial charge < -0.3 is 9.47 Å². The van der Waals surface area contributed by atoms with Crippen molar-refractivity contribution in [1.29, 1.82) is 0 Å². The third-order valence-electron chi connectivity index (χ3n) is 3.02. The maximum atomic E-state index is 10.8. The average molecular weight is 269 g/mol. The maximum Gasteiger partial charge on any atom is 0.302 e. The lowest BCUT2D eigenvalue weighted by molar-refractivity contribution is -0.147. The Morgan fingerprint density at radius 1 is 1.67 bits per heavy atom. The summed E-state index contributed by atoms with van der Waals surface area (Å²) in [7, 11) is 0. The Balaban J connectivity index is 1.79. The fraction of sp³-hybridized carbons (Fsp3) is 0.692. The summed E-state index contributed by atoms with van der Waals surface area (Å²) in [6, 6.07) is 0.281. The minimum atomic E-state index is -0.247. The summed E-state index contributed by atoms with van der Waals surface area (Å²) in [5.74, 6) is -0.247. The largest absolute Gasteiger partial charge is 0.463 e. The van der Waals surface area contributed by atoms with Gasteiger partial charge in [-0.25, -0.2) is 0 Å². The second kappa shape index (κ2) is 6.38. The van der Waals surface area contributed by atoms with Gasteiger partial charge in [-0.05, 0) is 25.7 Å². The highest BCUT2D eigenvalue weighted by Crippen LogP contribution is 2.37. The third-order valence-corrected chi connectivity index (χ3v) is 4.26. The highest BCUT2D eigenvalue weighted by molar-refractivity contribution is 8.14. The van der Waals surface area contributed by atoms with Crippen LogP contribution in [0.4, 0.5) is 0 Å². The van der Waals surface area contributed by atoms with E-state index in [9.17, 15) is 4.79 Å². The van der Waals surface area contributed by atoms with Crippen LogP contribution in [0.15, 0.2) is 17.6 Å². The molecule has 100 valence electrons. The molecule has 2 heterocycles. The first-order chi connectivity index (χ1) is 8.69. The number of carbonyl (C=O) groups is 1. The number of rotatable bonds is 5. The van der Waals surface area contributed by atoms with E-state index < -0.39 is 0 Å². The van der Waals surface area contributed by atoms with Gasteiger partial charge in [0.1, 0.15) is 12.0 Å². The molecule has 2 aliphatic heterocycles. The van der Waals surface area contributed by atoms with Gasteiger partial charge in [-0.1, -0.05) is 17.8 Å². The molecule has 3 atom stereocenters. The van der Waals surface area contributed by atoms with E-state index in [0.717, 1.165) is 30.7 Å². The van der Waals surface area contributed by atoms with Crippen LogP contribution in [0.25, 0.3) is 0 Å². The number of esters is 1. The van der Waals surface area contributed by atoms with Crippen LogP contribution in [-0.2, 0) is 14.3 Å². The first-order valence-electron chi connectivity index (χ1n) is 6.32. The zero-order valence-electron chi connectivity index (χ0n) is 10.6. The van der Waals surface area contributed by atoms with Gasteiger partial charge in [0.05, 0.1) is 17.2 Å². The average Bonchev–Trinajstić information content (AvgIpc) is 2.75. The van der Waals surface area contributed by atoms with E-state index in [4.69, 9.17) is 9.47 Å². The molecule has 0 aromatic carbocycles. The SMILES string of the molecule is C=CCCC1=N[C@@H]2CC[C@H](COC(C)=O)O[C@@H]2S1. The van der Waals surface area contributed by atoms with Crippen LogP contribution in [0.2, 0.25) is 0 Å². The number of hydrogen-bond acceptors (Lipinski definition) is 5. The van der Waals surface area contributed by atoms with Crippen molar-refractivity contribution >= 4 is 22.8 Å². The number of aliphatic imine (C=N–C) groups is 1. The molecule has 0 amide bonds. The van der Waals surface area contributed by atoms with Crippen molar-refractivity contribution in [3.05, 3.63) is 12.7 Å². The first-order valence-corrected chi connectivity index (χ1v) is 7.20. The lowest BCUT2D eigenvalue weighted by Crippen LogP contribution is -2.36. The molecule has 0 unspecified atom stereocenters. The summed E-state index contributed by atoms with van der Waals surface area (Å²) in [5.41, 5.74) is 0.110. The predicted octanol–water partition coefficient (Wildman–Crippen LogP) is 2.53. The number of thioether (sulfide) groups is 1. The second-order valence-corrected chi connectivity index (χ2v) is 5.71. The Labute approximate surface area is 112 Å². The van der Waals surface area contributed by atoms with Gasteiger partial charge in [0.15, 0.2) is 0 Å². The quantitative estimate of drug-likeness (QED) is 0.568. The first kappa shape index (κ1) is 13.6. The normalized spacial score (nSPS) is 30.5. The Kier molecular flexibility index (Phi) is 4.83. The van der Waals surface area contributed by atoms with Gasteiger partial charge in [0.2, 0.25) is 0 Å². The Morgan fingerprint density at radius 3 is 3.22 bits per heavy atom. The summed E-state index contributed by atoms with van der Waals surface area (Å²) in [6.07, 6.45) is 5.78. The Hall–Kier alpha value is -0.810. The monoisotopic (exact) mass is 269 g/mol. The molecule has 0 aliphatic carbocycles. The van der Waals surface area contributed by atoms with Crippen LogP contribution in [-0.4, -0.2) is 35.2 Å². The second-order valence-electron chi connectivity index (χ2n) is 4.54. The fourth-order valence-electron chi connectivity index (χ4n) is 2.10. The molecule has 2 rings (SSSR count). The molecule has 0 aromatic heterocycles. The lowest BCUT2D eigenvalue weighted by atomic mass is 10.1. The summed E-state index contributed by atoms with van der Waals surface area (Å²) in [6.45, 7) is 5.51. The molecule has 0 spiro atoms. The molecule has 0 N–H and O–H groups in total. The summed E-state index contributed by atoms with van der Waals surface area (Å²) >= 11 is 1.71. The predicted molar refractivity (Wildman–Crippen MR) is 72.8 cm³/mol. The number of carbonyl (C=O) groups excluding carboxylic acids is 1. The Morgan fingerprint density at radius 2 is 2.50 bits per heavy atom. The van der Waals surface area contributed by atoms with Crippen LogP contribution in [0.5, 0.6) is 0 Å². The minimum absolute atomic E-state index is 0.0246. The van der Waals surface area contributed by atoms with Crippen LogP contribution in [0, 0.1) is 0 Å². The van der Waals surface area contributed by atoms with E-state index >= 15 is 0 Å². The van der Waals surface area contributed by atoms with Gasteiger partial charge >= 0.3 is 5.97 Å². The molecule has 2 aliphatic rings. The zero-order chi connectivity index (χ0) is 13.0. The van der Waals surface area contributed by atoms with Gasteiger partial charge in [0, 0.05) is 6.92 Å². The fourth-order valence-corrected chi connectivity index (χ4v) is 3.37. The van der Waals surface area contributed by atoms with Crippen molar-refractivity contribution in [1.82, 2.24) is 0 Å². The molecule has 0 bridgehead atoms. The van der Waals surface area contributed by atoms with Gasteiger partial charge in [-0.2, -0.15) is 0 Å². The summed E-state index contributed by atoms with van der Waals surface area (Å²) in [5, 5.41) is 1.16. The van der Waals surface area contributed by atoms with E-state index in [0.29, 0.717) is 6.61 Å². The number of fused-ring (bicyclic) bond motifs is 1. The molecular weight excluding hydrogens is 250 g/mol. The number of ether oxygens (including phenoxy) is 2. The summed E-state index contributed by atoms with van der Waals surface area (Å²) in [4.78, 5) is 15.4. The standard InChI is InChI=1S/C13H19NO3S/c1-3-4-5-12-14-11-7-6-10(8-16-9(2)15)17-13(11)18-12/h3,10-11,13H,1,4-8H2,2H3/t10-,11-,13-/m1/s1. The van der Waals surface area contributed by atoms with Crippen molar-refractivity contribution in [3.8, 4) is 0 Å². The van der Waals surface area contributed by atoms with Crippen molar-refractivity contribution in [2.45, 2.75) is 50.2 Å². The highest BCUT2D eigenvalue weighted by Gasteiger charge is 2.36. The lowest BCUT2D eigenvalue weighted by Gasteiger charge is -2.30. The van der Waals surface area contributed by atoms with Crippen molar-refractivity contribution < 1.29 is 14.3 Å². The van der Waals surface area contributed by atoms with Crippen molar-refractivity contribution in [3.63, 3.8) is 0 Å². The van der Waals surface area contributed by atoms with E-state index in [1.54, 1.807) is 11.8 Å². The van der Waals surface area contributed by atoms with Gasteiger partial charge in [-0.3, -0.25) is 9.79 Å².